The van der Waals surface area contributed by atoms with Crippen LogP contribution in [0.15, 0.2) is 48.7 Å². The molecule has 0 spiro atoms. The van der Waals surface area contributed by atoms with Crippen LogP contribution in [0.2, 0.25) is 0 Å². The van der Waals surface area contributed by atoms with Crippen molar-refractivity contribution in [1.82, 2.24) is 9.78 Å². The molecule has 21 heavy (non-hydrogen) atoms. The molecule has 2 aromatic carbocycles. The van der Waals surface area contributed by atoms with Crippen LogP contribution in [0.25, 0.3) is 10.8 Å². The molecule has 3 rings (SSSR count). The highest BCUT2D eigenvalue weighted by molar-refractivity contribution is 6.06. The molecule has 0 saturated heterocycles. The summed E-state index contributed by atoms with van der Waals surface area (Å²) in [7, 11) is 1.80. The third-order valence-electron chi connectivity index (χ3n) is 3.37. The second-order valence-electron chi connectivity index (χ2n) is 4.90. The van der Waals surface area contributed by atoms with Gasteiger partial charge in [-0.2, -0.15) is 5.10 Å². The van der Waals surface area contributed by atoms with E-state index in [4.69, 9.17) is 5.73 Å². The van der Waals surface area contributed by atoms with Gasteiger partial charge in [-0.15, -0.1) is 0 Å². The van der Waals surface area contributed by atoms with Crippen LogP contribution in [0.4, 0.5) is 5.82 Å². The summed E-state index contributed by atoms with van der Waals surface area (Å²) in [6.07, 6.45) is 1.80. The van der Waals surface area contributed by atoms with Gasteiger partial charge in [0.25, 0.3) is 5.91 Å². The average Bonchev–Trinajstić information content (AvgIpc) is 2.86. The Labute approximate surface area is 122 Å². The standard InChI is InChI=1S/C16H16N4O/c1-20-10-14(9-17)15(19-20)18-16(21)13-7-6-11-4-2-3-5-12(11)8-13/h2-8,10H,9,17H2,1H3,(H,18,19,21). The third kappa shape index (κ3) is 2.64. The lowest BCUT2D eigenvalue weighted by molar-refractivity contribution is 0.102. The first-order valence-corrected chi connectivity index (χ1v) is 6.70. The number of carbonyl (C=O) groups is 1. The Morgan fingerprint density at radius 1 is 1.24 bits per heavy atom. The number of rotatable bonds is 3. The number of nitrogens with one attached hydrogen (secondary N) is 1. The van der Waals surface area contributed by atoms with Gasteiger partial charge in [-0.1, -0.05) is 30.3 Å². The second-order valence-corrected chi connectivity index (χ2v) is 4.90. The first kappa shape index (κ1) is 13.3. The van der Waals surface area contributed by atoms with E-state index >= 15 is 0 Å². The minimum atomic E-state index is -0.186. The quantitative estimate of drug-likeness (QED) is 0.773. The topological polar surface area (TPSA) is 72.9 Å². The van der Waals surface area contributed by atoms with E-state index in [2.05, 4.69) is 10.4 Å². The molecule has 0 aliphatic carbocycles. The Bertz CT molecular complexity index is 807. The monoisotopic (exact) mass is 280 g/mol. The number of hydrogen-bond donors (Lipinski definition) is 2. The third-order valence-corrected chi connectivity index (χ3v) is 3.37. The van der Waals surface area contributed by atoms with Gasteiger partial charge in [0.1, 0.15) is 0 Å². The zero-order valence-electron chi connectivity index (χ0n) is 11.7. The highest BCUT2D eigenvalue weighted by Gasteiger charge is 2.12. The maximum absolute atomic E-state index is 12.3. The lowest BCUT2D eigenvalue weighted by Gasteiger charge is -2.05. The van der Waals surface area contributed by atoms with Crippen LogP contribution in [0.3, 0.4) is 0 Å². The van der Waals surface area contributed by atoms with Gasteiger partial charge in [0.05, 0.1) is 0 Å². The van der Waals surface area contributed by atoms with Crippen LogP contribution in [-0.2, 0) is 13.6 Å². The number of nitrogens with two attached hydrogens (primary N) is 1. The Hall–Kier alpha value is -2.66. The molecule has 0 aliphatic heterocycles. The van der Waals surface area contributed by atoms with Crippen molar-refractivity contribution in [3.8, 4) is 0 Å². The summed E-state index contributed by atoms with van der Waals surface area (Å²) in [5.41, 5.74) is 7.06. The van der Waals surface area contributed by atoms with Crippen molar-refractivity contribution in [2.24, 2.45) is 12.8 Å². The number of aromatic nitrogens is 2. The van der Waals surface area contributed by atoms with Crippen molar-refractivity contribution in [3.63, 3.8) is 0 Å². The number of hydrogen-bond acceptors (Lipinski definition) is 3. The van der Waals surface area contributed by atoms with Crippen molar-refractivity contribution < 1.29 is 4.79 Å². The van der Waals surface area contributed by atoms with E-state index in [-0.39, 0.29) is 5.91 Å². The van der Waals surface area contributed by atoms with E-state index in [1.807, 2.05) is 42.5 Å². The fourth-order valence-electron chi connectivity index (χ4n) is 2.30. The summed E-state index contributed by atoms with van der Waals surface area (Å²) < 4.78 is 1.64. The Kier molecular flexibility index (Phi) is 3.41. The smallest absolute Gasteiger partial charge is 0.256 e. The molecule has 0 aliphatic rings. The summed E-state index contributed by atoms with van der Waals surface area (Å²) >= 11 is 0. The molecule has 0 fully saturated rings. The zero-order chi connectivity index (χ0) is 14.8. The van der Waals surface area contributed by atoms with Gasteiger partial charge in [-0.25, -0.2) is 0 Å². The van der Waals surface area contributed by atoms with Gasteiger partial charge in [-0.05, 0) is 22.9 Å². The fourth-order valence-corrected chi connectivity index (χ4v) is 2.30. The van der Waals surface area contributed by atoms with Gasteiger partial charge in [-0.3, -0.25) is 9.48 Å². The molecule has 1 heterocycles. The SMILES string of the molecule is Cn1cc(CN)c(NC(=O)c2ccc3ccccc3c2)n1. The lowest BCUT2D eigenvalue weighted by atomic mass is 10.1. The Morgan fingerprint density at radius 3 is 2.76 bits per heavy atom. The first-order valence-electron chi connectivity index (χ1n) is 6.70. The lowest BCUT2D eigenvalue weighted by Crippen LogP contribution is -2.14. The number of benzene rings is 2. The van der Waals surface area contributed by atoms with Crippen molar-refractivity contribution in [2.75, 3.05) is 5.32 Å². The normalized spacial score (nSPS) is 10.8. The molecule has 3 N–H and O–H groups in total. The molecular formula is C16H16N4O. The predicted molar refractivity (Wildman–Crippen MR) is 83.0 cm³/mol. The summed E-state index contributed by atoms with van der Waals surface area (Å²) in [6, 6.07) is 13.5. The highest BCUT2D eigenvalue weighted by atomic mass is 16.1. The number of carbonyl (C=O) groups excluding carboxylic acids is 1. The van der Waals surface area contributed by atoms with Gasteiger partial charge in [0, 0.05) is 30.9 Å². The largest absolute Gasteiger partial charge is 0.326 e. The number of anilines is 1. The molecule has 0 unspecified atom stereocenters. The van der Waals surface area contributed by atoms with Crippen LogP contribution >= 0.6 is 0 Å². The van der Waals surface area contributed by atoms with Crippen LogP contribution in [0, 0.1) is 0 Å². The number of amides is 1. The molecule has 0 saturated carbocycles. The summed E-state index contributed by atoms with van der Waals surface area (Å²) in [6.45, 7) is 0.334. The van der Waals surface area contributed by atoms with Gasteiger partial charge in [0.15, 0.2) is 5.82 Å². The van der Waals surface area contributed by atoms with E-state index in [1.54, 1.807) is 17.9 Å². The molecule has 0 atom stereocenters. The van der Waals surface area contributed by atoms with Crippen molar-refractivity contribution in [1.29, 1.82) is 0 Å². The fraction of sp³-hybridized carbons (Fsp3) is 0.125. The van der Waals surface area contributed by atoms with Crippen LogP contribution in [0.1, 0.15) is 15.9 Å². The van der Waals surface area contributed by atoms with Crippen LogP contribution in [0.5, 0.6) is 0 Å². The molecule has 1 aromatic heterocycles. The van der Waals surface area contributed by atoms with E-state index in [1.165, 1.54) is 0 Å². The van der Waals surface area contributed by atoms with Gasteiger partial charge in [0.2, 0.25) is 0 Å². The van der Waals surface area contributed by atoms with Crippen LogP contribution in [-0.4, -0.2) is 15.7 Å². The average molecular weight is 280 g/mol. The van der Waals surface area contributed by atoms with E-state index in [9.17, 15) is 4.79 Å². The highest BCUT2D eigenvalue weighted by Crippen LogP contribution is 2.18. The number of fused-ring (bicyclic) bond motifs is 1. The number of nitrogens with zero attached hydrogens (tertiary/aromatic N) is 2. The summed E-state index contributed by atoms with van der Waals surface area (Å²) in [4.78, 5) is 12.3. The van der Waals surface area contributed by atoms with E-state index < -0.39 is 0 Å². The first-order chi connectivity index (χ1) is 10.2. The Balaban J connectivity index is 1.89. The molecule has 0 radical (unpaired) electrons. The Morgan fingerprint density at radius 2 is 2.00 bits per heavy atom. The van der Waals surface area contributed by atoms with Crippen molar-refractivity contribution in [2.45, 2.75) is 6.54 Å². The van der Waals surface area contributed by atoms with Crippen molar-refractivity contribution >= 4 is 22.5 Å². The van der Waals surface area contributed by atoms with E-state index in [0.717, 1.165) is 16.3 Å². The van der Waals surface area contributed by atoms with Gasteiger partial charge >= 0.3 is 0 Å². The predicted octanol–water partition coefficient (Wildman–Crippen LogP) is 2.28. The van der Waals surface area contributed by atoms with Crippen molar-refractivity contribution in [3.05, 3.63) is 59.8 Å². The molecule has 0 bridgehead atoms. The zero-order valence-corrected chi connectivity index (χ0v) is 11.7. The summed E-state index contributed by atoms with van der Waals surface area (Å²) in [5.74, 6) is 0.326. The molecule has 5 heteroatoms. The maximum Gasteiger partial charge on any atom is 0.256 e. The number of aryl methyl sites for hydroxylation is 1. The molecule has 3 aromatic rings. The second kappa shape index (κ2) is 5.38. The molecule has 106 valence electrons. The minimum absolute atomic E-state index is 0.186. The summed E-state index contributed by atoms with van der Waals surface area (Å²) in [5, 5.41) is 9.17. The minimum Gasteiger partial charge on any atom is -0.326 e. The van der Waals surface area contributed by atoms with E-state index in [0.29, 0.717) is 17.9 Å². The molecular weight excluding hydrogens is 264 g/mol. The molecule has 1 amide bonds. The van der Waals surface area contributed by atoms with Crippen LogP contribution < -0.4 is 11.1 Å². The van der Waals surface area contributed by atoms with Gasteiger partial charge < -0.3 is 11.1 Å². The maximum atomic E-state index is 12.3. The molecule has 5 nitrogen and oxygen atoms in total.